The molecule has 17 heteroatoms. The molecule has 0 amide bonds. The van der Waals surface area contributed by atoms with Crippen LogP contribution in [0.3, 0.4) is 0 Å². The Kier molecular flexibility index (Phi) is 6.51. The van der Waals surface area contributed by atoms with Crippen LogP contribution in [-0.2, 0) is 10.0 Å². The number of nitrogen functional groups attached to an aromatic ring is 1. The van der Waals surface area contributed by atoms with Crippen molar-refractivity contribution >= 4 is 44.7 Å². The van der Waals surface area contributed by atoms with Crippen molar-refractivity contribution < 1.29 is 39.5 Å². The predicted octanol–water partition coefficient (Wildman–Crippen LogP) is 3.86. The van der Waals surface area contributed by atoms with Gasteiger partial charge in [-0.2, -0.15) is 23.5 Å². The number of benzene rings is 1. The normalized spacial score (nSPS) is 12.5. The van der Waals surface area contributed by atoms with Crippen LogP contribution in [0.5, 0.6) is 5.75 Å². The van der Waals surface area contributed by atoms with Crippen LogP contribution in [0.1, 0.15) is 5.69 Å². The van der Waals surface area contributed by atoms with Gasteiger partial charge in [0.05, 0.1) is 16.3 Å². The van der Waals surface area contributed by atoms with Crippen molar-refractivity contribution in [1.29, 1.82) is 5.26 Å². The first-order chi connectivity index (χ1) is 13.9. The minimum Gasteiger partial charge on any atom is -0.406 e. The molecule has 0 fully saturated rings. The molecule has 2 rings (SSSR count). The lowest BCUT2D eigenvalue weighted by atomic mass is 10.3. The predicted molar refractivity (Wildman–Crippen MR) is 97.6 cm³/mol. The average molecular weight is 512 g/mol. The van der Waals surface area contributed by atoms with Crippen molar-refractivity contribution in [2.45, 2.75) is 12.5 Å². The fraction of sp³-hybridized carbons (Fsp3) is 0.286. The maximum absolute atomic E-state index is 12.9. The highest BCUT2D eigenvalue weighted by Crippen LogP contribution is 2.40. The van der Waals surface area contributed by atoms with Gasteiger partial charge in [-0.3, -0.25) is 4.31 Å². The molecule has 0 spiro atoms. The van der Waals surface area contributed by atoms with Crippen LogP contribution < -0.4 is 14.8 Å². The van der Waals surface area contributed by atoms with Crippen molar-refractivity contribution in [3.8, 4) is 17.5 Å². The third kappa shape index (κ3) is 5.77. The van der Waals surface area contributed by atoms with E-state index >= 15 is 0 Å². The number of sulfonamides is 1. The zero-order chi connectivity index (χ0) is 23.9. The number of rotatable bonds is 5. The van der Waals surface area contributed by atoms with Crippen molar-refractivity contribution in [1.82, 2.24) is 9.78 Å². The first-order valence-electron chi connectivity index (χ1n) is 7.53. The lowest BCUT2D eigenvalue weighted by molar-refractivity contribution is -0.274. The standard InChI is InChI=1S/C14H9Cl2F6N5O3S/c1-31(28,29)26(5-13(17,18)19)11-9(4-23)25-27(12(11)24)10-7(15)2-6(3-8(10)16)30-14(20,21)22/h2-3H,5,24H2,1H3. The van der Waals surface area contributed by atoms with E-state index in [4.69, 9.17) is 28.9 Å². The molecule has 0 radical (unpaired) electrons. The summed E-state index contributed by atoms with van der Waals surface area (Å²) in [6.07, 6.45) is -9.65. The van der Waals surface area contributed by atoms with Crippen LogP contribution in [-0.4, -0.2) is 43.5 Å². The van der Waals surface area contributed by atoms with E-state index < -0.39 is 67.8 Å². The Morgan fingerprint density at radius 1 is 1.23 bits per heavy atom. The number of nitrogens with two attached hydrogens (primary N) is 1. The summed E-state index contributed by atoms with van der Waals surface area (Å²) in [5, 5.41) is 11.8. The van der Waals surface area contributed by atoms with Crippen LogP contribution in [0.25, 0.3) is 5.69 Å². The molecule has 1 aromatic carbocycles. The Balaban J connectivity index is 2.72. The Morgan fingerprint density at radius 3 is 2.13 bits per heavy atom. The Bertz CT molecular complexity index is 1130. The zero-order valence-electron chi connectivity index (χ0n) is 14.9. The first kappa shape index (κ1) is 24.7. The van der Waals surface area contributed by atoms with Crippen LogP contribution in [0, 0.1) is 11.3 Å². The second-order valence-corrected chi connectivity index (χ2v) is 8.50. The van der Waals surface area contributed by atoms with E-state index in [1.54, 1.807) is 0 Å². The Morgan fingerprint density at radius 2 is 1.74 bits per heavy atom. The number of ether oxygens (including phenoxy) is 1. The molecule has 2 N–H and O–H groups in total. The topological polar surface area (TPSA) is 114 Å². The Labute approximate surface area is 180 Å². The molecular formula is C14H9Cl2F6N5O3S. The van der Waals surface area contributed by atoms with Gasteiger partial charge in [0.25, 0.3) is 0 Å². The number of nitrogens with zero attached hydrogens (tertiary/aromatic N) is 4. The molecule has 0 atom stereocenters. The number of nitriles is 1. The molecule has 0 saturated carbocycles. The minimum atomic E-state index is -5.08. The van der Waals surface area contributed by atoms with E-state index in [-0.39, 0.29) is 4.31 Å². The summed E-state index contributed by atoms with van der Waals surface area (Å²) in [5.41, 5.74) is 3.57. The second kappa shape index (κ2) is 8.17. The fourth-order valence-corrected chi connectivity index (χ4v) is 3.90. The largest absolute Gasteiger partial charge is 0.573 e. The number of anilines is 2. The molecule has 1 aromatic heterocycles. The van der Waals surface area contributed by atoms with E-state index in [9.17, 15) is 40.0 Å². The molecule has 2 aromatic rings. The number of alkyl halides is 6. The van der Waals surface area contributed by atoms with Gasteiger partial charge in [-0.15, -0.1) is 13.2 Å². The van der Waals surface area contributed by atoms with Gasteiger partial charge in [0.2, 0.25) is 10.0 Å². The van der Waals surface area contributed by atoms with E-state index in [2.05, 4.69) is 9.84 Å². The molecular weight excluding hydrogens is 503 g/mol. The van der Waals surface area contributed by atoms with E-state index in [1.165, 1.54) is 6.07 Å². The summed E-state index contributed by atoms with van der Waals surface area (Å²) in [5.74, 6) is -1.62. The third-order valence-electron chi connectivity index (χ3n) is 3.41. The van der Waals surface area contributed by atoms with Crippen molar-refractivity contribution in [3.63, 3.8) is 0 Å². The van der Waals surface area contributed by atoms with Gasteiger partial charge in [0, 0.05) is 12.1 Å². The van der Waals surface area contributed by atoms with E-state index in [1.807, 2.05) is 0 Å². The second-order valence-electron chi connectivity index (χ2n) is 5.77. The van der Waals surface area contributed by atoms with Gasteiger partial charge in [0.15, 0.2) is 11.5 Å². The maximum atomic E-state index is 12.9. The summed E-state index contributed by atoms with van der Waals surface area (Å²) in [6, 6.07) is 2.72. The van der Waals surface area contributed by atoms with Crippen LogP contribution in [0.4, 0.5) is 37.8 Å². The number of hydrogen-bond donors (Lipinski definition) is 1. The minimum absolute atomic E-state index is 0.187. The molecule has 0 aliphatic carbocycles. The van der Waals surface area contributed by atoms with Crippen molar-refractivity contribution in [2.24, 2.45) is 0 Å². The molecule has 170 valence electrons. The van der Waals surface area contributed by atoms with Gasteiger partial charge in [-0.05, 0) is 0 Å². The number of aromatic nitrogens is 2. The summed E-state index contributed by atoms with van der Waals surface area (Å²) in [4.78, 5) is 0. The zero-order valence-corrected chi connectivity index (χ0v) is 17.2. The lowest BCUT2D eigenvalue weighted by Gasteiger charge is -2.23. The highest BCUT2D eigenvalue weighted by Gasteiger charge is 2.39. The van der Waals surface area contributed by atoms with E-state index in [0.717, 1.165) is 0 Å². The van der Waals surface area contributed by atoms with Crippen molar-refractivity contribution in [3.05, 3.63) is 27.9 Å². The van der Waals surface area contributed by atoms with Crippen LogP contribution >= 0.6 is 23.2 Å². The molecule has 0 aliphatic rings. The van der Waals surface area contributed by atoms with Gasteiger partial charge in [-0.25, -0.2) is 13.1 Å². The summed E-state index contributed by atoms with van der Waals surface area (Å²) < 4.78 is 104. The third-order valence-corrected chi connectivity index (χ3v) is 5.10. The number of halogens is 8. The quantitative estimate of drug-likeness (QED) is 0.609. The average Bonchev–Trinajstić information content (AvgIpc) is 2.85. The SMILES string of the molecule is CS(=O)(=O)N(CC(F)(F)F)c1c(C#N)nn(-c2c(Cl)cc(OC(F)(F)F)cc2Cl)c1N. The number of hydrogen-bond acceptors (Lipinski definition) is 6. The first-order valence-corrected chi connectivity index (χ1v) is 10.1. The molecule has 0 aliphatic heterocycles. The molecule has 31 heavy (non-hydrogen) atoms. The van der Waals surface area contributed by atoms with Gasteiger partial charge >= 0.3 is 12.5 Å². The lowest BCUT2D eigenvalue weighted by Crippen LogP contribution is -2.39. The smallest absolute Gasteiger partial charge is 0.406 e. The maximum Gasteiger partial charge on any atom is 0.573 e. The van der Waals surface area contributed by atoms with Gasteiger partial charge in [-0.1, -0.05) is 23.2 Å². The fourth-order valence-electron chi connectivity index (χ4n) is 2.38. The van der Waals surface area contributed by atoms with Crippen molar-refractivity contribution in [2.75, 3.05) is 22.8 Å². The molecule has 0 unspecified atom stereocenters. The Hall–Kier alpha value is -2.57. The van der Waals surface area contributed by atoms with Gasteiger partial charge in [0.1, 0.15) is 29.7 Å². The highest BCUT2D eigenvalue weighted by molar-refractivity contribution is 7.92. The van der Waals surface area contributed by atoms with E-state index in [0.29, 0.717) is 23.1 Å². The highest BCUT2D eigenvalue weighted by atomic mass is 35.5. The van der Waals surface area contributed by atoms with Gasteiger partial charge < -0.3 is 10.5 Å². The molecule has 0 bridgehead atoms. The molecule has 0 saturated heterocycles. The molecule has 8 nitrogen and oxygen atoms in total. The van der Waals surface area contributed by atoms with Crippen LogP contribution in [0.2, 0.25) is 10.0 Å². The summed E-state index contributed by atoms with van der Waals surface area (Å²) in [7, 11) is -4.60. The summed E-state index contributed by atoms with van der Waals surface area (Å²) in [6.45, 7) is -2.03. The van der Waals surface area contributed by atoms with Crippen LogP contribution in [0.15, 0.2) is 12.1 Å². The monoisotopic (exact) mass is 511 g/mol. The molecule has 1 heterocycles. The summed E-state index contributed by atoms with van der Waals surface area (Å²) >= 11 is 11.8.